The number of benzene rings is 2. The van der Waals surface area contributed by atoms with Gasteiger partial charge in [0.2, 0.25) is 0 Å². The molecule has 3 N–H and O–H groups in total. The van der Waals surface area contributed by atoms with Crippen LogP contribution in [0.4, 0.5) is 0 Å². The summed E-state index contributed by atoms with van der Waals surface area (Å²) in [6, 6.07) is 12.5. The predicted octanol–water partition coefficient (Wildman–Crippen LogP) is 4.10. The maximum Gasteiger partial charge on any atom is 0.120 e. The summed E-state index contributed by atoms with van der Waals surface area (Å²) in [5, 5.41) is 1.86. The Kier molecular flexibility index (Phi) is 6.15. The highest BCUT2D eigenvalue weighted by atomic mass is 35.5. The fourth-order valence-electron chi connectivity index (χ4n) is 1.89. The molecule has 0 aliphatic heterocycles. The minimum Gasteiger partial charge on any atom is -0.492 e. The van der Waals surface area contributed by atoms with Crippen LogP contribution in [0, 0.1) is 0 Å². The minimum atomic E-state index is -0.124. The van der Waals surface area contributed by atoms with Crippen molar-refractivity contribution >= 4 is 34.8 Å². The van der Waals surface area contributed by atoms with Gasteiger partial charge in [-0.2, -0.15) is 0 Å². The average molecular weight is 346 g/mol. The number of rotatable bonds is 6. The standard InChI is InChI=1S/C15H15Cl3N2O/c16-10-3-1-4-12(7-10)21-9-11(20-19)8-13-14(17)5-2-6-15(13)18/h1-7,11,20H,8-9,19H2. The maximum absolute atomic E-state index is 6.16. The molecule has 1 atom stereocenters. The third-order valence-electron chi connectivity index (χ3n) is 3.00. The predicted molar refractivity (Wildman–Crippen MR) is 88.2 cm³/mol. The minimum absolute atomic E-state index is 0.124. The molecule has 0 saturated carbocycles. The van der Waals surface area contributed by atoms with Crippen LogP contribution >= 0.6 is 34.8 Å². The van der Waals surface area contributed by atoms with Gasteiger partial charge in [-0.25, -0.2) is 0 Å². The summed E-state index contributed by atoms with van der Waals surface area (Å²) < 4.78 is 5.68. The first-order valence-electron chi connectivity index (χ1n) is 6.37. The van der Waals surface area contributed by atoms with E-state index in [1.54, 1.807) is 24.3 Å². The summed E-state index contributed by atoms with van der Waals surface area (Å²) in [5.74, 6) is 6.26. The molecule has 2 rings (SSSR count). The summed E-state index contributed by atoms with van der Waals surface area (Å²) in [6.07, 6.45) is 0.565. The van der Waals surface area contributed by atoms with Crippen molar-refractivity contribution in [2.75, 3.05) is 6.61 Å². The SMILES string of the molecule is NNC(COc1cccc(Cl)c1)Cc1c(Cl)cccc1Cl. The van der Waals surface area contributed by atoms with Gasteiger partial charge in [0.25, 0.3) is 0 Å². The Morgan fingerprint density at radius 1 is 1.05 bits per heavy atom. The lowest BCUT2D eigenvalue weighted by molar-refractivity contribution is 0.264. The van der Waals surface area contributed by atoms with Crippen molar-refractivity contribution in [1.29, 1.82) is 0 Å². The maximum atomic E-state index is 6.16. The molecule has 21 heavy (non-hydrogen) atoms. The van der Waals surface area contributed by atoms with Gasteiger partial charge in [0.15, 0.2) is 0 Å². The molecule has 0 amide bonds. The summed E-state index contributed by atoms with van der Waals surface area (Å²) in [5.41, 5.74) is 3.56. The lowest BCUT2D eigenvalue weighted by Gasteiger charge is -2.18. The largest absolute Gasteiger partial charge is 0.492 e. The van der Waals surface area contributed by atoms with Crippen molar-refractivity contribution in [1.82, 2.24) is 5.43 Å². The van der Waals surface area contributed by atoms with Crippen molar-refractivity contribution in [3.05, 3.63) is 63.1 Å². The molecular formula is C15H15Cl3N2O. The van der Waals surface area contributed by atoms with E-state index in [1.807, 2.05) is 18.2 Å². The number of nitrogens with one attached hydrogen (secondary N) is 1. The van der Waals surface area contributed by atoms with Gasteiger partial charge in [-0.3, -0.25) is 11.3 Å². The Hall–Kier alpha value is -0.970. The average Bonchev–Trinajstić information content (AvgIpc) is 2.46. The van der Waals surface area contributed by atoms with E-state index in [0.717, 1.165) is 5.56 Å². The van der Waals surface area contributed by atoms with Gasteiger partial charge in [0.05, 0.1) is 6.04 Å². The molecule has 0 bridgehead atoms. The third-order valence-corrected chi connectivity index (χ3v) is 3.94. The van der Waals surface area contributed by atoms with Gasteiger partial charge < -0.3 is 4.74 Å². The molecule has 0 radical (unpaired) electrons. The van der Waals surface area contributed by atoms with Gasteiger partial charge >= 0.3 is 0 Å². The molecule has 3 nitrogen and oxygen atoms in total. The molecule has 0 fully saturated rings. The van der Waals surface area contributed by atoms with Crippen LogP contribution in [0.5, 0.6) is 5.75 Å². The van der Waals surface area contributed by atoms with Crippen LogP contribution < -0.4 is 16.0 Å². The van der Waals surface area contributed by atoms with Crippen LogP contribution in [0.25, 0.3) is 0 Å². The zero-order valence-corrected chi connectivity index (χ0v) is 13.4. The molecule has 0 aliphatic carbocycles. The Balaban J connectivity index is 2.00. The van der Waals surface area contributed by atoms with E-state index in [9.17, 15) is 0 Å². The van der Waals surface area contributed by atoms with E-state index in [1.165, 1.54) is 0 Å². The van der Waals surface area contributed by atoms with E-state index in [2.05, 4.69) is 5.43 Å². The second-order valence-corrected chi connectivity index (χ2v) is 5.79. The monoisotopic (exact) mass is 344 g/mol. The molecule has 6 heteroatoms. The number of hydrogen-bond acceptors (Lipinski definition) is 3. The summed E-state index contributed by atoms with van der Waals surface area (Å²) in [7, 11) is 0. The lowest BCUT2D eigenvalue weighted by Crippen LogP contribution is -2.41. The lowest BCUT2D eigenvalue weighted by atomic mass is 10.1. The van der Waals surface area contributed by atoms with Crippen molar-refractivity contribution in [3.63, 3.8) is 0 Å². The molecule has 0 heterocycles. The molecule has 0 aliphatic rings. The van der Waals surface area contributed by atoms with E-state index in [-0.39, 0.29) is 6.04 Å². The Morgan fingerprint density at radius 2 is 1.71 bits per heavy atom. The molecule has 1 unspecified atom stereocenters. The van der Waals surface area contributed by atoms with E-state index < -0.39 is 0 Å². The Labute approximate surface area is 138 Å². The second kappa shape index (κ2) is 7.87. The van der Waals surface area contributed by atoms with Gasteiger partial charge in [0.1, 0.15) is 12.4 Å². The summed E-state index contributed by atoms with van der Waals surface area (Å²) >= 11 is 18.2. The highest BCUT2D eigenvalue weighted by molar-refractivity contribution is 6.36. The van der Waals surface area contributed by atoms with E-state index in [0.29, 0.717) is 33.8 Å². The Morgan fingerprint density at radius 3 is 2.33 bits per heavy atom. The first-order chi connectivity index (χ1) is 10.1. The smallest absolute Gasteiger partial charge is 0.120 e. The molecule has 0 saturated heterocycles. The fourth-order valence-corrected chi connectivity index (χ4v) is 2.63. The molecule has 0 spiro atoms. The van der Waals surface area contributed by atoms with Crippen LogP contribution in [-0.4, -0.2) is 12.6 Å². The highest BCUT2D eigenvalue weighted by Crippen LogP contribution is 2.25. The molecule has 112 valence electrons. The zero-order chi connectivity index (χ0) is 15.2. The van der Waals surface area contributed by atoms with Crippen molar-refractivity contribution < 1.29 is 4.74 Å². The zero-order valence-electron chi connectivity index (χ0n) is 11.2. The topological polar surface area (TPSA) is 47.3 Å². The molecular weight excluding hydrogens is 331 g/mol. The number of hydrazine groups is 1. The van der Waals surface area contributed by atoms with Gasteiger partial charge in [-0.05, 0) is 42.3 Å². The van der Waals surface area contributed by atoms with E-state index in [4.69, 9.17) is 45.4 Å². The second-order valence-electron chi connectivity index (χ2n) is 4.54. The van der Waals surface area contributed by atoms with Crippen molar-refractivity contribution in [2.45, 2.75) is 12.5 Å². The first-order valence-corrected chi connectivity index (χ1v) is 7.51. The van der Waals surface area contributed by atoms with Crippen molar-refractivity contribution in [3.8, 4) is 5.75 Å². The van der Waals surface area contributed by atoms with E-state index >= 15 is 0 Å². The number of hydrogen-bond donors (Lipinski definition) is 2. The number of ether oxygens (including phenoxy) is 1. The van der Waals surface area contributed by atoms with Crippen LogP contribution in [0.1, 0.15) is 5.56 Å². The van der Waals surface area contributed by atoms with Crippen LogP contribution in [0.3, 0.4) is 0 Å². The van der Waals surface area contributed by atoms with Crippen LogP contribution in [-0.2, 0) is 6.42 Å². The summed E-state index contributed by atoms with van der Waals surface area (Å²) in [6.45, 7) is 0.373. The van der Waals surface area contributed by atoms with Crippen molar-refractivity contribution in [2.24, 2.45) is 5.84 Å². The highest BCUT2D eigenvalue weighted by Gasteiger charge is 2.14. The molecule has 0 aromatic heterocycles. The number of nitrogens with two attached hydrogens (primary N) is 1. The third kappa shape index (κ3) is 4.77. The Bertz CT molecular complexity index is 587. The molecule has 2 aromatic rings. The normalized spacial score (nSPS) is 12.2. The van der Waals surface area contributed by atoms with Gasteiger partial charge in [-0.15, -0.1) is 0 Å². The number of halogens is 3. The summed E-state index contributed by atoms with van der Waals surface area (Å²) in [4.78, 5) is 0. The van der Waals surface area contributed by atoms with Gasteiger partial charge in [0, 0.05) is 15.1 Å². The van der Waals surface area contributed by atoms with Gasteiger partial charge in [-0.1, -0.05) is 46.9 Å². The first kappa shape index (κ1) is 16.4. The van der Waals surface area contributed by atoms with Crippen LogP contribution in [0.15, 0.2) is 42.5 Å². The quantitative estimate of drug-likeness (QED) is 0.612. The van der Waals surface area contributed by atoms with Crippen LogP contribution in [0.2, 0.25) is 15.1 Å². The fraction of sp³-hybridized carbons (Fsp3) is 0.200. The molecule has 2 aromatic carbocycles.